The van der Waals surface area contributed by atoms with Gasteiger partial charge in [0.15, 0.2) is 0 Å². The maximum atomic E-state index is 5.95. The number of ether oxygens (including phenoxy) is 2. The van der Waals surface area contributed by atoms with E-state index in [1.54, 1.807) is 0 Å². The van der Waals surface area contributed by atoms with Gasteiger partial charge in [-0.15, -0.1) is 0 Å². The monoisotopic (exact) mass is 316 g/mol. The predicted molar refractivity (Wildman–Crippen MR) is 97.1 cm³/mol. The van der Waals surface area contributed by atoms with Gasteiger partial charge in [-0.05, 0) is 44.2 Å². The predicted octanol–water partition coefficient (Wildman–Crippen LogP) is 5.70. The molecule has 0 spiro atoms. The molecule has 1 saturated heterocycles. The molecule has 1 unspecified atom stereocenters. The Morgan fingerprint density at radius 1 is 1.09 bits per heavy atom. The number of hydrogen-bond acceptors (Lipinski definition) is 2. The van der Waals surface area contributed by atoms with Crippen LogP contribution < -0.4 is 4.74 Å². The minimum Gasteiger partial charge on any atom is -0.490 e. The molecule has 0 saturated carbocycles. The Bertz CT molecular complexity index is 474. The average molecular weight is 316 g/mol. The van der Waals surface area contributed by atoms with E-state index in [1.165, 1.54) is 44.1 Å². The number of epoxide rings is 1. The fourth-order valence-corrected chi connectivity index (χ4v) is 2.63. The van der Waals surface area contributed by atoms with Gasteiger partial charge in [0.1, 0.15) is 18.0 Å². The second-order valence-corrected chi connectivity index (χ2v) is 6.85. The molecule has 2 nitrogen and oxygen atoms in total. The Morgan fingerprint density at radius 3 is 2.61 bits per heavy atom. The van der Waals surface area contributed by atoms with E-state index in [1.807, 2.05) is 6.07 Å². The van der Waals surface area contributed by atoms with Crippen LogP contribution in [0.25, 0.3) is 0 Å². The maximum absolute atomic E-state index is 5.95. The SMILES string of the molecule is CCCCCCC/C=C/CCc1ccccc1OCC1(C)CO1. The molecule has 1 aromatic carbocycles. The molecule has 2 rings (SSSR count). The zero-order chi connectivity index (χ0) is 16.4. The highest BCUT2D eigenvalue weighted by atomic mass is 16.6. The lowest BCUT2D eigenvalue weighted by atomic mass is 10.1. The number of unbranched alkanes of at least 4 members (excludes halogenated alkanes) is 5. The molecule has 0 amide bonds. The zero-order valence-corrected chi connectivity index (χ0v) is 14.9. The molecule has 1 fully saturated rings. The number of benzene rings is 1. The topological polar surface area (TPSA) is 21.8 Å². The highest BCUT2D eigenvalue weighted by Gasteiger charge is 2.40. The van der Waals surface area contributed by atoms with Crippen molar-refractivity contribution in [2.24, 2.45) is 0 Å². The average Bonchev–Trinajstić information content (AvgIpc) is 3.30. The van der Waals surface area contributed by atoms with Crippen molar-refractivity contribution in [3.63, 3.8) is 0 Å². The van der Waals surface area contributed by atoms with Crippen LogP contribution in [-0.2, 0) is 11.2 Å². The summed E-state index contributed by atoms with van der Waals surface area (Å²) in [5.74, 6) is 1.01. The van der Waals surface area contributed by atoms with E-state index in [-0.39, 0.29) is 5.60 Å². The van der Waals surface area contributed by atoms with Crippen LogP contribution in [0.5, 0.6) is 5.75 Å². The lowest BCUT2D eigenvalue weighted by Crippen LogP contribution is -2.17. The first-order chi connectivity index (χ1) is 11.2. The molecule has 0 bridgehead atoms. The summed E-state index contributed by atoms with van der Waals surface area (Å²) < 4.78 is 11.3. The summed E-state index contributed by atoms with van der Waals surface area (Å²) in [4.78, 5) is 0. The third kappa shape index (κ3) is 7.22. The molecule has 1 aliphatic rings. The van der Waals surface area contributed by atoms with E-state index in [2.05, 4.69) is 44.2 Å². The Hall–Kier alpha value is -1.28. The van der Waals surface area contributed by atoms with Crippen molar-refractivity contribution in [1.29, 1.82) is 0 Å². The van der Waals surface area contributed by atoms with Crippen molar-refractivity contribution in [3.8, 4) is 5.75 Å². The first-order valence-corrected chi connectivity index (χ1v) is 9.23. The second kappa shape index (κ2) is 9.77. The van der Waals surface area contributed by atoms with Crippen molar-refractivity contribution in [3.05, 3.63) is 42.0 Å². The second-order valence-electron chi connectivity index (χ2n) is 6.85. The van der Waals surface area contributed by atoms with Crippen LogP contribution >= 0.6 is 0 Å². The summed E-state index contributed by atoms with van der Waals surface area (Å²) in [6.45, 7) is 5.83. The van der Waals surface area contributed by atoms with Crippen LogP contribution in [0.1, 0.15) is 64.4 Å². The standard InChI is InChI=1S/C21H32O2/c1-3-4-5-6-7-8-9-10-11-14-19-15-12-13-16-20(19)22-17-21(2)18-23-21/h9-10,12-13,15-16H,3-8,11,14,17-18H2,1-2H3/b10-9+. The molecule has 1 heterocycles. The first-order valence-electron chi connectivity index (χ1n) is 9.23. The van der Waals surface area contributed by atoms with Crippen molar-refractivity contribution in [1.82, 2.24) is 0 Å². The lowest BCUT2D eigenvalue weighted by molar-refractivity contribution is 0.201. The van der Waals surface area contributed by atoms with Gasteiger partial charge in [-0.2, -0.15) is 0 Å². The Labute approximate surface area is 141 Å². The van der Waals surface area contributed by atoms with Crippen molar-refractivity contribution >= 4 is 0 Å². The van der Waals surface area contributed by atoms with Crippen molar-refractivity contribution in [2.45, 2.75) is 70.8 Å². The van der Waals surface area contributed by atoms with Gasteiger partial charge >= 0.3 is 0 Å². The largest absolute Gasteiger partial charge is 0.490 e. The van der Waals surface area contributed by atoms with Crippen LogP contribution in [0.4, 0.5) is 0 Å². The highest BCUT2D eigenvalue weighted by Crippen LogP contribution is 2.28. The number of aryl methyl sites for hydroxylation is 1. The van der Waals surface area contributed by atoms with E-state index in [0.29, 0.717) is 6.61 Å². The molecule has 1 atom stereocenters. The molecule has 0 radical (unpaired) electrons. The quantitative estimate of drug-likeness (QED) is 0.280. The molecular weight excluding hydrogens is 284 g/mol. The number of allylic oxidation sites excluding steroid dienone is 2. The molecule has 2 heteroatoms. The number of para-hydroxylation sites is 1. The van der Waals surface area contributed by atoms with Gasteiger partial charge in [-0.1, -0.05) is 63.0 Å². The smallest absolute Gasteiger partial charge is 0.123 e. The van der Waals surface area contributed by atoms with E-state index in [9.17, 15) is 0 Å². The summed E-state index contributed by atoms with van der Waals surface area (Å²) >= 11 is 0. The maximum Gasteiger partial charge on any atom is 0.123 e. The van der Waals surface area contributed by atoms with E-state index < -0.39 is 0 Å². The molecule has 0 aromatic heterocycles. The molecule has 1 aliphatic heterocycles. The van der Waals surface area contributed by atoms with Crippen molar-refractivity contribution < 1.29 is 9.47 Å². The minimum atomic E-state index is -0.0508. The summed E-state index contributed by atoms with van der Waals surface area (Å²) in [6.07, 6.45) is 14.8. The van der Waals surface area contributed by atoms with Gasteiger partial charge in [0.2, 0.25) is 0 Å². The van der Waals surface area contributed by atoms with Gasteiger partial charge in [0, 0.05) is 0 Å². The normalized spacial score (nSPS) is 20.1. The molecular formula is C21H32O2. The molecule has 23 heavy (non-hydrogen) atoms. The third-order valence-electron chi connectivity index (χ3n) is 4.36. The van der Waals surface area contributed by atoms with Crippen LogP contribution in [-0.4, -0.2) is 18.8 Å². The minimum absolute atomic E-state index is 0.0508. The summed E-state index contributed by atoms with van der Waals surface area (Å²) in [7, 11) is 0. The molecule has 0 N–H and O–H groups in total. The lowest BCUT2D eigenvalue weighted by Gasteiger charge is -2.12. The van der Waals surface area contributed by atoms with Gasteiger partial charge in [0.25, 0.3) is 0 Å². The fourth-order valence-electron chi connectivity index (χ4n) is 2.63. The van der Waals surface area contributed by atoms with E-state index >= 15 is 0 Å². The zero-order valence-electron chi connectivity index (χ0n) is 14.9. The van der Waals surface area contributed by atoms with Gasteiger partial charge < -0.3 is 9.47 Å². The van der Waals surface area contributed by atoms with Gasteiger partial charge in [0.05, 0.1) is 6.61 Å². The Morgan fingerprint density at radius 2 is 1.83 bits per heavy atom. The highest BCUT2D eigenvalue weighted by molar-refractivity contribution is 5.33. The van der Waals surface area contributed by atoms with Crippen molar-refractivity contribution in [2.75, 3.05) is 13.2 Å². The van der Waals surface area contributed by atoms with Crippen LogP contribution in [0.3, 0.4) is 0 Å². The van der Waals surface area contributed by atoms with Crippen LogP contribution in [0.15, 0.2) is 36.4 Å². The van der Waals surface area contributed by atoms with Gasteiger partial charge in [-0.25, -0.2) is 0 Å². The van der Waals surface area contributed by atoms with E-state index in [4.69, 9.17) is 9.47 Å². The summed E-state index contributed by atoms with van der Waals surface area (Å²) in [5, 5.41) is 0. The molecule has 1 aromatic rings. The Balaban J connectivity index is 1.64. The number of hydrogen-bond donors (Lipinski definition) is 0. The summed E-state index contributed by atoms with van der Waals surface area (Å²) in [5.41, 5.74) is 1.24. The van der Waals surface area contributed by atoms with Crippen LogP contribution in [0.2, 0.25) is 0 Å². The van der Waals surface area contributed by atoms with Crippen LogP contribution in [0, 0.1) is 0 Å². The number of rotatable bonds is 12. The first kappa shape index (κ1) is 18.1. The summed E-state index contributed by atoms with van der Waals surface area (Å²) in [6, 6.07) is 8.37. The Kier molecular flexibility index (Phi) is 7.67. The third-order valence-corrected chi connectivity index (χ3v) is 4.36. The molecule has 128 valence electrons. The van der Waals surface area contributed by atoms with Gasteiger partial charge in [-0.3, -0.25) is 0 Å². The molecule has 0 aliphatic carbocycles. The fraction of sp³-hybridized carbons (Fsp3) is 0.619. The van der Waals surface area contributed by atoms with E-state index in [0.717, 1.165) is 25.2 Å².